The number of hydrogen-bond acceptors (Lipinski definition) is 2. The first kappa shape index (κ1) is 14.0. The molecule has 0 aromatic rings. The summed E-state index contributed by atoms with van der Waals surface area (Å²) in [5, 5.41) is 0. The third-order valence-electron chi connectivity index (χ3n) is 4.35. The van der Waals surface area contributed by atoms with Crippen molar-refractivity contribution in [2.45, 2.75) is 77.7 Å². The number of hydrogen-bond donors (Lipinski definition) is 2. The van der Waals surface area contributed by atoms with Gasteiger partial charge in [-0.3, -0.25) is 11.3 Å². The molecule has 0 spiro atoms. The third-order valence-corrected chi connectivity index (χ3v) is 4.35. The van der Waals surface area contributed by atoms with Crippen molar-refractivity contribution < 1.29 is 0 Å². The number of hydrazine groups is 1. The zero-order chi connectivity index (χ0) is 11.8. The van der Waals surface area contributed by atoms with E-state index in [1.165, 1.54) is 57.8 Å². The topological polar surface area (TPSA) is 38.0 Å². The molecule has 0 bridgehead atoms. The Morgan fingerprint density at radius 2 is 1.75 bits per heavy atom. The standard InChI is InChI=1S/C14H30N2/c1-3-12(4-2)10-14(16-15)11-13-8-6-5-7-9-13/h12-14,16H,3-11,15H2,1-2H3. The van der Waals surface area contributed by atoms with Crippen LogP contribution < -0.4 is 11.3 Å². The normalized spacial score (nSPS) is 20.2. The van der Waals surface area contributed by atoms with E-state index < -0.39 is 0 Å². The highest BCUT2D eigenvalue weighted by atomic mass is 15.2. The maximum atomic E-state index is 5.70. The number of nitrogens with one attached hydrogen (secondary N) is 1. The van der Waals surface area contributed by atoms with Gasteiger partial charge < -0.3 is 0 Å². The van der Waals surface area contributed by atoms with Crippen LogP contribution in [0.15, 0.2) is 0 Å². The molecule has 0 aliphatic heterocycles. The minimum Gasteiger partial charge on any atom is -0.271 e. The molecule has 0 saturated heterocycles. The van der Waals surface area contributed by atoms with E-state index in [1.54, 1.807) is 0 Å². The second-order valence-corrected chi connectivity index (χ2v) is 5.52. The quantitative estimate of drug-likeness (QED) is 0.514. The van der Waals surface area contributed by atoms with Gasteiger partial charge in [0, 0.05) is 6.04 Å². The van der Waals surface area contributed by atoms with Crippen LogP contribution in [0.1, 0.15) is 71.6 Å². The van der Waals surface area contributed by atoms with Crippen LogP contribution in [0, 0.1) is 11.8 Å². The average molecular weight is 226 g/mol. The summed E-state index contributed by atoms with van der Waals surface area (Å²) in [4.78, 5) is 0. The maximum absolute atomic E-state index is 5.70. The smallest absolute Gasteiger partial charge is 0.0215 e. The van der Waals surface area contributed by atoms with Gasteiger partial charge in [-0.2, -0.15) is 0 Å². The van der Waals surface area contributed by atoms with Gasteiger partial charge in [0.1, 0.15) is 0 Å². The average Bonchev–Trinajstić information content (AvgIpc) is 2.35. The molecular weight excluding hydrogens is 196 g/mol. The monoisotopic (exact) mass is 226 g/mol. The predicted molar refractivity (Wildman–Crippen MR) is 71.0 cm³/mol. The molecule has 96 valence electrons. The highest BCUT2D eigenvalue weighted by molar-refractivity contribution is 4.75. The molecular formula is C14H30N2. The zero-order valence-electron chi connectivity index (χ0n) is 11.2. The van der Waals surface area contributed by atoms with Crippen LogP contribution in [0.3, 0.4) is 0 Å². The second-order valence-electron chi connectivity index (χ2n) is 5.52. The molecule has 1 aliphatic carbocycles. The lowest BCUT2D eigenvalue weighted by Crippen LogP contribution is -2.38. The summed E-state index contributed by atoms with van der Waals surface area (Å²) in [5.74, 6) is 7.48. The Kier molecular flexibility index (Phi) is 7.06. The van der Waals surface area contributed by atoms with Crippen LogP contribution in [0.25, 0.3) is 0 Å². The van der Waals surface area contributed by atoms with Crippen molar-refractivity contribution in [3.05, 3.63) is 0 Å². The summed E-state index contributed by atoms with van der Waals surface area (Å²) >= 11 is 0. The van der Waals surface area contributed by atoms with Crippen molar-refractivity contribution >= 4 is 0 Å². The molecule has 0 amide bonds. The second kappa shape index (κ2) is 8.08. The molecule has 0 aromatic heterocycles. The van der Waals surface area contributed by atoms with Gasteiger partial charge in [-0.05, 0) is 24.7 Å². The largest absolute Gasteiger partial charge is 0.271 e. The summed E-state index contributed by atoms with van der Waals surface area (Å²) in [6.07, 6.45) is 12.3. The fourth-order valence-corrected chi connectivity index (χ4v) is 3.08. The lowest BCUT2D eigenvalue weighted by atomic mass is 9.82. The van der Waals surface area contributed by atoms with Crippen molar-refractivity contribution in [3.8, 4) is 0 Å². The van der Waals surface area contributed by atoms with Crippen LogP contribution in [0.4, 0.5) is 0 Å². The van der Waals surface area contributed by atoms with Gasteiger partial charge in [-0.25, -0.2) is 0 Å². The van der Waals surface area contributed by atoms with Gasteiger partial charge in [-0.1, -0.05) is 58.8 Å². The SMILES string of the molecule is CCC(CC)CC(CC1CCCCC1)NN. The van der Waals surface area contributed by atoms with Gasteiger partial charge in [0.25, 0.3) is 0 Å². The van der Waals surface area contributed by atoms with E-state index in [0.717, 1.165) is 11.8 Å². The van der Waals surface area contributed by atoms with E-state index >= 15 is 0 Å². The Labute approximate surface area is 101 Å². The number of rotatable bonds is 7. The Morgan fingerprint density at radius 1 is 1.12 bits per heavy atom. The van der Waals surface area contributed by atoms with E-state index in [1.807, 2.05) is 0 Å². The Bertz CT molecular complexity index is 160. The lowest BCUT2D eigenvalue weighted by molar-refractivity contribution is 0.268. The molecule has 1 rings (SSSR count). The Balaban J connectivity index is 2.29. The summed E-state index contributed by atoms with van der Waals surface area (Å²) in [6.45, 7) is 4.59. The molecule has 16 heavy (non-hydrogen) atoms. The predicted octanol–water partition coefficient (Wildman–Crippen LogP) is 3.62. The Hall–Kier alpha value is -0.0800. The lowest BCUT2D eigenvalue weighted by Gasteiger charge is -2.28. The molecule has 0 aromatic carbocycles. The van der Waals surface area contributed by atoms with Gasteiger partial charge >= 0.3 is 0 Å². The van der Waals surface area contributed by atoms with E-state index in [9.17, 15) is 0 Å². The van der Waals surface area contributed by atoms with E-state index in [2.05, 4.69) is 19.3 Å². The summed E-state index contributed by atoms with van der Waals surface area (Å²) in [5.41, 5.74) is 3.05. The van der Waals surface area contributed by atoms with Crippen LogP contribution in [-0.2, 0) is 0 Å². The highest BCUT2D eigenvalue weighted by Crippen LogP contribution is 2.29. The molecule has 1 saturated carbocycles. The van der Waals surface area contributed by atoms with E-state index in [-0.39, 0.29) is 0 Å². The highest BCUT2D eigenvalue weighted by Gasteiger charge is 2.20. The van der Waals surface area contributed by atoms with Crippen LogP contribution in [-0.4, -0.2) is 6.04 Å². The summed E-state index contributed by atoms with van der Waals surface area (Å²) in [6, 6.07) is 0.549. The van der Waals surface area contributed by atoms with Crippen molar-refractivity contribution in [1.82, 2.24) is 5.43 Å². The van der Waals surface area contributed by atoms with Crippen molar-refractivity contribution in [1.29, 1.82) is 0 Å². The fraction of sp³-hybridized carbons (Fsp3) is 1.00. The van der Waals surface area contributed by atoms with E-state index in [4.69, 9.17) is 5.84 Å². The van der Waals surface area contributed by atoms with Gasteiger partial charge in [0.05, 0.1) is 0 Å². The van der Waals surface area contributed by atoms with Crippen molar-refractivity contribution in [3.63, 3.8) is 0 Å². The zero-order valence-corrected chi connectivity index (χ0v) is 11.2. The van der Waals surface area contributed by atoms with Gasteiger partial charge in [0.2, 0.25) is 0 Å². The Morgan fingerprint density at radius 3 is 2.25 bits per heavy atom. The molecule has 3 N–H and O–H groups in total. The minimum absolute atomic E-state index is 0.549. The first-order valence-corrected chi connectivity index (χ1v) is 7.26. The first-order valence-electron chi connectivity index (χ1n) is 7.26. The third kappa shape index (κ3) is 4.84. The van der Waals surface area contributed by atoms with Crippen LogP contribution in [0.5, 0.6) is 0 Å². The molecule has 1 fully saturated rings. The molecule has 2 heteroatoms. The van der Waals surface area contributed by atoms with Crippen molar-refractivity contribution in [2.75, 3.05) is 0 Å². The minimum atomic E-state index is 0.549. The molecule has 0 heterocycles. The molecule has 1 unspecified atom stereocenters. The van der Waals surface area contributed by atoms with Crippen molar-refractivity contribution in [2.24, 2.45) is 17.7 Å². The van der Waals surface area contributed by atoms with Crippen LogP contribution >= 0.6 is 0 Å². The fourth-order valence-electron chi connectivity index (χ4n) is 3.08. The van der Waals surface area contributed by atoms with Crippen LogP contribution in [0.2, 0.25) is 0 Å². The van der Waals surface area contributed by atoms with Gasteiger partial charge in [-0.15, -0.1) is 0 Å². The number of nitrogens with two attached hydrogens (primary N) is 1. The summed E-state index contributed by atoms with van der Waals surface area (Å²) in [7, 11) is 0. The maximum Gasteiger partial charge on any atom is 0.0215 e. The molecule has 1 atom stereocenters. The van der Waals surface area contributed by atoms with Gasteiger partial charge in [0.15, 0.2) is 0 Å². The van der Waals surface area contributed by atoms with E-state index in [0.29, 0.717) is 6.04 Å². The summed E-state index contributed by atoms with van der Waals surface area (Å²) < 4.78 is 0. The first-order chi connectivity index (χ1) is 7.80. The molecule has 2 nitrogen and oxygen atoms in total. The molecule has 1 aliphatic rings. The molecule has 0 radical (unpaired) electrons.